The van der Waals surface area contributed by atoms with Gasteiger partial charge in [0.1, 0.15) is 5.60 Å². The Morgan fingerprint density at radius 2 is 2.06 bits per heavy atom. The van der Waals surface area contributed by atoms with Gasteiger partial charge in [-0.1, -0.05) is 0 Å². The van der Waals surface area contributed by atoms with E-state index in [1.165, 1.54) is 0 Å². The van der Waals surface area contributed by atoms with Crippen LogP contribution in [0.15, 0.2) is 0 Å². The van der Waals surface area contributed by atoms with E-state index in [4.69, 9.17) is 19.9 Å². The minimum atomic E-state index is -0.666. The van der Waals surface area contributed by atoms with Crippen molar-refractivity contribution >= 4 is 6.09 Å². The number of carbonyl (C=O) groups excluding carboxylic acids is 1. The maximum atomic E-state index is 12.1. The van der Waals surface area contributed by atoms with E-state index in [0.717, 1.165) is 0 Å². The molecule has 2 heterocycles. The minimum absolute atomic E-state index is 0.0852. The second-order valence-electron chi connectivity index (χ2n) is 5.81. The van der Waals surface area contributed by atoms with E-state index < -0.39 is 11.4 Å². The molecule has 2 N–H and O–H groups in total. The zero-order valence-electron chi connectivity index (χ0n) is 11.3. The van der Waals surface area contributed by atoms with Gasteiger partial charge >= 0.3 is 6.09 Å². The van der Waals surface area contributed by atoms with Gasteiger partial charge < -0.3 is 19.9 Å². The van der Waals surface area contributed by atoms with Crippen molar-refractivity contribution in [3.63, 3.8) is 0 Å². The van der Waals surface area contributed by atoms with Gasteiger partial charge in [0.2, 0.25) is 0 Å². The number of carbonyl (C=O) groups is 1. The summed E-state index contributed by atoms with van der Waals surface area (Å²) < 4.78 is 16.6. The molecule has 0 bridgehead atoms. The zero-order chi connectivity index (χ0) is 13.4. The molecule has 2 aliphatic heterocycles. The van der Waals surface area contributed by atoms with Crippen molar-refractivity contribution in [1.82, 2.24) is 4.90 Å². The molecular formula is C12H22N2O4. The summed E-state index contributed by atoms with van der Waals surface area (Å²) >= 11 is 0. The van der Waals surface area contributed by atoms with Gasteiger partial charge in [0, 0.05) is 13.0 Å². The highest BCUT2D eigenvalue weighted by atomic mass is 16.7. The molecule has 0 radical (unpaired) electrons. The second kappa shape index (κ2) is 4.68. The van der Waals surface area contributed by atoms with E-state index in [0.29, 0.717) is 32.7 Å². The van der Waals surface area contributed by atoms with Gasteiger partial charge in [-0.05, 0) is 20.8 Å². The molecule has 2 fully saturated rings. The third kappa shape index (κ3) is 2.76. The zero-order valence-corrected chi connectivity index (χ0v) is 11.3. The Kier molecular flexibility index (Phi) is 3.53. The Hall–Kier alpha value is -0.850. The molecule has 2 rings (SSSR count). The smallest absolute Gasteiger partial charge is 0.410 e. The van der Waals surface area contributed by atoms with E-state index in [-0.39, 0.29) is 12.1 Å². The van der Waals surface area contributed by atoms with Gasteiger partial charge in [0.25, 0.3) is 0 Å². The van der Waals surface area contributed by atoms with Crippen molar-refractivity contribution in [1.29, 1.82) is 0 Å². The lowest BCUT2D eigenvalue weighted by Crippen LogP contribution is -2.43. The average Bonchev–Trinajstić information content (AvgIpc) is 2.84. The van der Waals surface area contributed by atoms with E-state index >= 15 is 0 Å². The van der Waals surface area contributed by atoms with Crippen LogP contribution < -0.4 is 5.73 Å². The Morgan fingerprint density at radius 1 is 1.44 bits per heavy atom. The molecule has 2 saturated heterocycles. The molecule has 1 spiro atoms. The number of hydrogen-bond donors (Lipinski definition) is 1. The molecular weight excluding hydrogens is 236 g/mol. The first kappa shape index (κ1) is 13.6. The van der Waals surface area contributed by atoms with Crippen LogP contribution >= 0.6 is 0 Å². The van der Waals surface area contributed by atoms with Crippen LogP contribution in [0.25, 0.3) is 0 Å². The summed E-state index contributed by atoms with van der Waals surface area (Å²) in [5.41, 5.74) is 5.21. The SMILES string of the molecule is CC(C)(C)OC(=O)N1CC2(C[C@H]1CN)OCCO2. The summed E-state index contributed by atoms with van der Waals surface area (Å²) in [7, 11) is 0. The fourth-order valence-corrected chi connectivity index (χ4v) is 2.37. The van der Waals surface area contributed by atoms with Gasteiger partial charge in [-0.25, -0.2) is 4.79 Å². The largest absolute Gasteiger partial charge is 0.444 e. The van der Waals surface area contributed by atoms with Crippen molar-refractivity contribution in [3.05, 3.63) is 0 Å². The van der Waals surface area contributed by atoms with Gasteiger partial charge in [-0.15, -0.1) is 0 Å². The predicted molar refractivity (Wildman–Crippen MR) is 65.0 cm³/mol. The number of nitrogens with two attached hydrogens (primary N) is 1. The lowest BCUT2D eigenvalue weighted by Gasteiger charge is -2.28. The molecule has 6 heteroatoms. The predicted octanol–water partition coefficient (Wildman–Crippen LogP) is 0.698. The normalized spacial score (nSPS) is 26.9. The highest BCUT2D eigenvalue weighted by Crippen LogP contribution is 2.35. The number of likely N-dealkylation sites (tertiary alicyclic amines) is 1. The third-order valence-corrected chi connectivity index (χ3v) is 3.11. The maximum absolute atomic E-state index is 12.1. The Labute approximate surface area is 107 Å². The van der Waals surface area contributed by atoms with E-state index in [1.807, 2.05) is 20.8 Å². The number of rotatable bonds is 1. The van der Waals surface area contributed by atoms with E-state index in [1.54, 1.807) is 4.90 Å². The lowest BCUT2D eigenvalue weighted by atomic mass is 10.1. The molecule has 2 aliphatic rings. The highest BCUT2D eigenvalue weighted by Gasteiger charge is 2.50. The van der Waals surface area contributed by atoms with Crippen LogP contribution in [0.3, 0.4) is 0 Å². The first-order valence-corrected chi connectivity index (χ1v) is 6.33. The summed E-state index contributed by atoms with van der Waals surface area (Å²) in [5, 5.41) is 0. The summed E-state index contributed by atoms with van der Waals surface area (Å²) in [6.07, 6.45) is 0.261. The topological polar surface area (TPSA) is 74.0 Å². The maximum Gasteiger partial charge on any atom is 0.410 e. The van der Waals surface area contributed by atoms with E-state index in [9.17, 15) is 4.79 Å². The molecule has 0 aromatic rings. The fraction of sp³-hybridized carbons (Fsp3) is 0.917. The van der Waals surface area contributed by atoms with Gasteiger partial charge in [-0.3, -0.25) is 4.90 Å². The standard InChI is InChI=1S/C12H22N2O4/c1-11(2,3)18-10(15)14-8-12(6-9(14)7-13)16-4-5-17-12/h9H,4-8,13H2,1-3H3/t9-/m0/s1. The van der Waals surface area contributed by atoms with Gasteiger partial charge in [0.05, 0.1) is 25.8 Å². The van der Waals surface area contributed by atoms with Crippen LogP contribution in [0, 0.1) is 0 Å². The van der Waals surface area contributed by atoms with Crippen LogP contribution in [0.5, 0.6) is 0 Å². The average molecular weight is 258 g/mol. The molecule has 0 saturated carbocycles. The van der Waals surface area contributed by atoms with Crippen LogP contribution in [-0.4, -0.2) is 54.7 Å². The Morgan fingerprint density at radius 3 is 2.56 bits per heavy atom. The summed E-state index contributed by atoms with van der Waals surface area (Å²) in [6.45, 7) is 7.45. The lowest BCUT2D eigenvalue weighted by molar-refractivity contribution is -0.145. The van der Waals surface area contributed by atoms with Crippen molar-refractivity contribution in [3.8, 4) is 0 Å². The van der Waals surface area contributed by atoms with Crippen LogP contribution in [0.2, 0.25) is 0 Å². The molecule has 104 valence electrons. The van der Waals surface area contributed by atoms with Crippen molar-refractivity contribution < 1.29 is 19.0 Å². The second-order valence-corrected chi connectivity index (χ2v) is 5.81. The van der Waals surface area contributed by atoms with Crippen molar-refractivity contribution in [2.75, 3.05) is 26.3 Å². The quantitative estimate of drug-likeness (QED) is 0.749. The molecule has 6 nitrogen and oxygen atoms in total. The molecule has 1 amide bonds. The molecule has 18 heavy (non-hydrogen) atoms. The Balaban J connectivity index is 2.05. The van der Waals surface area contributed by atoms with Crippen molar-refractivity contribution in [2.45, 2.75) is 44.6 Å². The number of hydrogen-bond acceptors (Lipinski definition) is 5. The van der Waals surface area contributed by atoms with Gasteiger partial charge in [0.15, 0.2) is 5.79 Å². The number of ether oxygens (including phenoxy) is 3. The minimum Gasteiger partial charge on any atom is -0.444 e. The van der Waals surface area contributed by atoms with Crippen LogP contribution in [-0.2, 0) is 14.2 Å². The fourth-order valence-electron chi connectivity index (χ4n) is 2.37. The first-order valence-electron chi connectivity index (χ1n) is 6.33. The number of amides is 1. The molecule has 0 aliphatic carbocycles. The molecule has 0 aromatic heterocycles. The van der Waals surface area contributed by atoms with Crippen LogP contribution in [0.4, 0.5) is 4.79 Å². The molecule has 1 atom stereocenters. The first-order chi connectivity index (χ1) is 8.35. The molecule has 0 unspecified atom stereocenters. The highest BCUT2D eigenvalue weighted by molar-refractivity contribution is 5.69. The van der Waals surface area contributed by atoms with Crippen molar-refractivity contribution in [2.24, 2.45) is 5.73 Å². The summed E-state index contributed by atoms with van der Waals surface area (Å²) in [6, 6.07) is -0.0852. The monoisotopic (exact) mass is 258 g/mol. The van der Waals surface area contributed by atoms with E-state index in [2.05, 4.69) is 0 Å². The van der Waals surface area contributed by atoms with Gasteiger partial charge in [-0.2, -0.15) is 0 Å². The Bertz CT molecular complexity index is 321. The summed E-state index contributed by atoms with van der Waals surface area (Å²) in [5.74, 6) is -0.666. The third-order valence-electron chi connectivity index (χ3n) is 3.11. The summed E-state index contributed by atoms with van der Waals surface area (Å²) in [4.78, 5) is 13.7. The number of nitrogens with zero attached hydrogens (tertiary/aromatic N) is 1. The molecule has 0 aromatic carbocycles. The van der Waals surface area contributed by atoms with Crippen LogP contribution in [0.1, 0.15) is 27.2 Å².